The summed E-state index contributed by atoms with van der Waals surface area (Å²) in [7, 11) is 1.55. The first kappa shape index (κ1) is 57.7. The van der Waals surface area contributed by atoms with Gasteiger partial charge in [-0.1, -0.05) is 198 Å². The van der Waals surface area contributed by atoms with Gasteiger partial charge in [0.1, 0.15) is 13.2 Å². The van der Waals surface area contributed by atoms with Crippen molar-refractivity contribution in [2.75, 3.05) is 40.9 Å². The van der Waals surface area contributed by atoms with E-state index in [0.717, 1.165) is 38.5 Å². The van der Waals surface area contributed by atoms with Crippen molar-refractivity contribution in [3.05, 3.63) is 36.5 Å². The summed E-state index contributed by atoms with van der Waals surface area (Å²) in [5.41, 5.74) is 0. The molecule has 9 heteroatoms. The van der Waals surface area contributed by atoms with Crippen molar-refractivity contribution in [1.82, 2.24) is 5.32 Å². The molecular formula is C50H98N2O6P+. The highest BCUT2D eigenvalue weighted by atomic mass is 31.2. The highest BCUT2D eigenvalue weighted by Gasteiger charge is 2.27. The molecule has 3 N–H and O–H groups in total. The Morgan fingerprint density at radius 3 is 1.36 bits per heavy atom. The third kappa shape index (κ3) is 44.6. The second-order valence-electron chi connectivity index (χ2n) is 18.2. The third-order valence-electron chi connectivity index (χ3n) is 11.1. The highest BCUT2D eigenvalue weighted by molar-refractivity contribution is 7.47. The summed E-state index contributed by atoms with van der Waals surface area (Å²) in [5.74, 6) is -0.191. The Kier molecular flexibility index (Phi) is 41.1. The standard InChI is InChI=1S/C50H97N2O6P/c1-6-8-10-12-14-16-18-20-22-24-26-27-29-31-33-35-37-39-41-43-49(53)48(47-58-59(55,56)57-46-45-52(3,4)5)51-50(54)44-42-40-38-36-34-32-30-28-25-23-21-19-17-15-13-11-9-7-2/h23,25,33,35,41,43,48-49,53H,6-22,24,26-32,34,36-40,42,44-47H2,1-5H3,(H-,51,54,55,56)/p+1/b25-23-,35-33+,43-41+. The predicted octanol–water partition coefficient (Wildman–Crippen LogP) is 14.3. The lowest BCUT2D eigenvalue weighted by Crippen LogP contribution is -2.45. The Morgan fingerprint density at radius 2 is 0.932 bits per heavy atom. The molecule has 3 unspecified atom stereocenters. The molecule has 0 aliphatic heterocycles. The fraction of sp³-hybridized carbons (Fsp3) is 0.860. The zero-order valence-corrected chi connectivity index (χ0v) is 40.4. The van der Waals surface area contributed by atoms with E-state index in [2.05, 4.69) is 43.5 Å². The summed E-state index contributed by atoms with van der Waals surface area (Å²) in [6, 6.07) is -0.864. The maximum absolute atomic E-state index is 12.9. The van der Waals surface area contributed by atoms with Crippen molar-refractivity contribution in [2.45, 2.75) is 238 Å². The molecule has 8 nitrogen and oxygen atoms in total. The minimum atomic E-state index is -4.35. The SMILES string of the molecule is CCCCCCCCC/C=C\CCCCCCCCCC(=O)NC(COP(=O)(O)OCC[N+](C)(C)C)C(O)/C=C/CC/C=C/CCCCCCCCCCCCCCC. The van der Waals surface area contributed by atoms with E-state index in [1.165, 1.54) is 167 Å². The van der Waals surface area contributed by atoms with Crippen molar-refractivity contribution in [3.63, 3.8) is 0 Å². The van der Waals surface area contributed by atoms with Crippen molar-refractivity contribution in [1.29, 1.82) is 0 Å². The fourth-order valence-electron chi connectivity index (χ4n) is 7.11. The Hall–Kier alpha value is -1.28. The summed E-state index contributed by atoms with van der Waals surface area (Å²) < 4.78 is 23.6. The molecule has 0 bridgehead atoms. The predicted molar refractivity (Wildman–Crippen MR) is 254 cm³/mol. The number of nitrogens with zero attached hydrogens (tertiary/aromatic N) is 1. The van der Waals surface area contributed by atoms with Crippen molar-refractivity contribution in [2.24, 2.45) is 0 Å². The molecule has 0 fully saturated rings. The lowest BCUT2D eigenvalue weighted by atomic mass is 10.0. The van der Waals surface area contributed by atoms with E-state index in [0.29, 0.717) is 17.4 Å². The number of carbonyl (C=O) groups is 1. The molecule has 0 rings (SSSR count). The molecule has 0 aromatic carbocycles. The van der Waals surface area contributed by atoms with Gasteiger partial charge in [0.2, 0.25) is 5.91 Å². The minimum absolute atomic E-state index is 0.0556. The Labute approximate surface area is 366 Å². The van der Waals surface area contributed by atoms with Gasteiger partial charge in [-0.05, 0) is 57.8 Å². The van der Waals surface area contributed by atoms with Crippen LogP contribution in [0.3, 0.4) is 0 Å². The molecule has 0 aliphatic rings. The van der Waals surface area contributed by atoms with Crippen LogP contribution in [-0.4, -0.2) is 73.4 Å². The van der Waals surface area contributed by atoms with Crippen LogP contribution in [0.15, 0.2) is 36.5 Å². The van der Waals surface area contributed by atoms with Crippen LogP contribution in [0.2, 0.25) is 0 Å². The number of aliphatic hydroxyl groups excluding tert-OH is 1. The smallest absolute Gasteiger partial charge is 0.387 e. The number of nitrogens with one attached hydrogen (secondary N) is 1. The molecule has 0 heterocycles. The molecule has 348 valence electrons. The number of unbranched alkanes of at least 4 members (excludes halogenated alkanes) is 28. The number of allylic oxidation sites excluding steroid dienone is 5. The molecule has 0 aromatic rings. The second kappa shape index (κ2) is 42.0. The third-order valence-corrected chi connectivity index (χ3v) is 12.1. The maximum Gasteiger partial charge on any atom is 0.472 e. The van der Waals surface area contributed by atoms with Crippen LogP contribution < -0.4 is 5.32 Å². The quantitative estimate of drug-likeness (QED) is 0.0244. The van der Waals surface area contributed by atoms with Gasteiger partial charge in [-0.15, -0.1) is 0 Å². The van der Waals surface area contributed by atoms with Crippen LogP contribution in [0, 0.1) is 0 Å². The van der Waals surface area contributed by atoms with Gasteiger partial charge in [-0.25, -0.2) is 4.57 Å². The van der Waals surface area contributed by atoms with E-state index < -0.39 is 20.0 Å². The Balaban J connectivity index is 4.39. The monoisotopic (exact) mass is 854 g/mol. The van der Waals surface area contributed by atoms with E-state index in [-0.39, 0.29) is 19.1 Å². The van der Waals surface area contributed by atoms with E-state index >= 15 is 0 Å². The molecule has 59 heavy (non-hydrogen) atoms. The van der Waals surface area contributed by atoms with Crippen molar-refractivity contribution in [3.8, 4) is 0 Å². The van der Waals surface area contributed by atoms with Gasteiger partial charge in [0.25, 0.3) is 0 Å². The summed E-state index contributed by atoms with van der Waals surface area (Å²) in [5, 5.41) is 13.9. The number of aliphatic hydroxyl groups is 1. The second-order valence-corrected chi connectivity index (χ2v) is 19.6. The van der Waals surface area contributed by atoms with Gasteiger partial charge in [-0.2, -0.15) is 0 Å². The Morgan fingerprint density at radius 1 is 0.559 bits per heavy atom. The maximum atomic E-state index is 12.9. The first-order valence-corrected chi connectivity index (χ1v) is 26.4. The van der Waals surface area contributed by atoms with Crippen LogP contribution in [0.4, 0.5) is 0 Å². The average molecular weight is 854 g/mol. The van der Waals surface area contributed by atoms with Gasteiger partial charge >= 0.3 is 7.82 Å². The van der Waals surface area contributed by atoms with E-state index in [1.807, 2.05) is 27.2 Å². The molecule has 3 atom stereocenters. The van der Waals surface area contributed by atoms with Crippen LogP contribution in [0.1, 0.15) is 226 Å². The lowest BCUT2D eigenvalue weighted by molar-refractivity contribution is -0.870. The number of phosphoric ester groups is 1. The number of likely N-dealkylation sites (N-methyl/N-ethyl adjacent to an activating group) is 1. The summed E-state index contributed by atoms with van der Waals surface area (Å²) in [6.45, 7) is 4.80. The summed E-state index contributed by atoms with van der Waals surface area (Å²) in [6.07, 6.45) is 52.2. The van der Waals surface area contributed by atoms with Crippen molar-refractivity contribution >= 4 is 13.7 Å². The minimum Gasteiger partial charge on any atom is -0.387 e. The molecule has 0 saturated heterocycles. The van der Waals surface area contributed by atoms with Crippen LogP contribution in [-0.2, 0) is 18.4 Å². The number of quaternary nitrogens is 1. The van der Waals surface area contributed by atoms with E-state index in [4.69, 9.17) is 9.05 Å². The normalized spacial score (nSPS) is 14.5. The first-order valence-electron chi connectivity index (χ1n) is 24.9. The average Bonchev–Trinajstić information content (AvgIpc) is 3.19. The molecule has 0 aromatic heterocycles. The molecule has 0 spiro atoms. The topological polar surface area (TPSA) is 105 Å². The van der Waals surface area contributed by atoms with Crippen LogP contribution >= 0.6 is 7.82 Å². The molecule has 0 aliphatic carbocycles. The van der Waals surface area contributed by atoms with E-state index in [9.17, 15) is 19.4 Å². The first-order chi connectivity index (χ1) is 28.5. The number of amides is 1. The van der Waals surface area contributed by atoms with Gasteiger partial charge in [-0.3, -0.25) is 13.8 Å². The van der Waals surface area contributed by atoms with Gasteiger partial charge < -0.3 is 19.8 Å². The summed E-state index contributed by atoms with van der Waals surface area (Å²) in [4.78, 5) is 23.2. The molecule has 0 saturated carbocycles. The number of hydrogen-bond donors (Lipinski definition) is 3. The fourth-order valence-corrected chi connectivity index (χ4v) is 7.85. The van der Waals surface area contributed by atoms with Crippen LogP contribution in [0.5, 0.6) is 0 Å². The number of hydrogen-bond acceptors (Lipinski definition) is 5. The zero-order chi connectivity index (χ0) is 43.6. The van der Waals surface area contributed by atoms with E-state index in [1.54, 1.807) is 6.08 Å². The Bertz CT molecular complexity index is 1060. The number of carbonyl (C=O) groups excluding carboxylic acids is 1. The number of rotatable bonds is 45. The molecule has 0 radical (unpaired) electrons. The van der Waals surface area contributed by atoms with Gasteiger partial charge in [0.15, 0.2) is 0 Å². The summed E-state index contributed by atoms with van der Waals surface area (Å²) >= 11 is 0. The molecular weight excluding hydrogens is 756 g/mol. The van der Waals surface area contributed by atoms with Crippen LogP contribution in [0.25, 0.3) is 0 Å². The lowest BCUT2D eigenvalue weighted by Gasteiger charge is -2.25. The molecule has 1 amide bonds. The highest BCUT2D eigenvalue weighted by Crippen LogP contribution is 2.43. The van der Waals surface area contributed by atoms with Gasteiger partial charge in [0, 0.05) is 6.42 Å². The van der Waals surface area contributed by atoms with Gasteiger partial charge in [0.05, 0.1) is 39.9 Å². The largest absolute Gasteiger partial charge is 0.472 e. The number of phosphoric acid groups is 1. The zero-order valence-electron chi connectivity index (χ0n) is 39.5. The van der Waals surface area contributed by atoms with Crippen molar-refractivity contribution < 1.29 is 32.9 Å².